The number of hydrogen-bond acceptors (Lipinski definition) is 4. The molecule has 16 heavy (non-hydrogen) atoms. The van der Waals surface area contributed by atoms with Gasteiger partial charge >= 0.3 is 5.97 Å². The van der Waals surface area contributed by atoms with Crippen molar-refractivity contribution >= 4 is 17.7 Å². The van der Waals surface area contributed by atoms with Crippen molar-refractivity contribution in [3.05, 3.63) is 35.4 Å². The topological polar surface area (TPSA) is 38.3 Å². The third-order valence-corrected chi connectivity index (χ3v) is 2.80. The fourth-order valence-electron chi connectivity index (χ4n) is 1.28. The maximum absolute atomic E-state index is 11.2. The van der Waals surface area contributed by atoms with Gasteiger partial charge in [-0.25, -0.2) is 4.79 Å². The predicted molar refractivity (Wildman–Crippen MR) is 67.9 cm³/mol. The molecule has 0 spiro atoms. The summed E-state index contributed by atoms with van der Waals surface area (Å²) in [7, 11) is 1.39. The molecule has 0 atom stereocenters. The Bertz CT molecular complexity index is 324. The fraction of sp³-hybridized carbons (Fsp3) is 0.417. The molecule has 88 valence electrons. The zero-order valence-corrected chi connectivity index (χ0v) is 10.5. The third-order valence-electron chi connectivity index (χ3n) is 2.19. The van der Waals surface area contributed by atoms with Gasteiger partial charge in [-0.3, -0.25) is 0 Å². The molecule has 0 amide bonds. The van der Waals surface area contributed by atoms with Crippen LogP contribution in [0.3, 0.4) is 0 Å². The highest BCUT2D eigenvalue weighted by atomic mass is 32.2. The Morgan fingerprint density at radius 3 is 2.62 bits per heavy atom. The third kappa shape index (κ3) is 4.24. The number of nitrogens with one attached hydrogen (secondary N) is 1. The summed E-state index contributed by atoms with van der Waals surface area (Å²) in [5.41, 5.74) is 1.77. The van der Waals surface area contributed by atoms with Gasteiger partial charge in [0.15, 0.2) is 0 Å². The molecule has 0 radical (unpaired) electrons. The summed E-state index contributed by atoms with van der Waals surface area (Å²) in [4.78, 5) is 11.2. The van der Waals surface area contributed by atoms with Crippen LogP contribution >= 0.6 is 11.8 Å². The van der Waals surface area contributed by atoms with Crippen molar-refractivity contribution in [2.24, 2.45) is 0 Å². The summed E-state index contributed by atoms with van der Waals surface area (Å²) in [5, 5.41) is 3.33. The van der Waals surface area contributed by atoms with Crippen LogP contribution < -0.4 is 5.32 Å². The van der Waals surface area contributed by atoms with Crippen LogP contribution in [0.15, 0.2) is 24.3 Å². The second-order valence-corrected chi connectivity index (χ2v) is 4.34. The van der Waals surface area contributed by atoms with E-state index in [2.05, 4.69) is 16.3 Å². The van der Waals surface area contributed by atoms with Gasteiger partial charge in [0.1, 0.15) is 0 Å². The van der Waals surface area contributed by atoms with Gasteiger partial charge in [-0.15, -0.1) is 0 Å². The molecule has 0 fully saturated rings. The number of ether oxygens (including phenoxy) is 1. The van der Waals surface area contributed by atoms with Crippen molar-refractivity contribution in [3.63, 3.8) is 0 Å². The Kier molecular flexibility index (Phi) is 5.96. The van der Waals surface area contributed by atoms with E-state index < -0.39 is 0 Å². The van der Waals surface area contributed by atoms with E-state index in [1.165, 1.54) is 12.7 Å². The van der Waals surface area contributed by atoms with E-state index in [1.807, 2.05) is 23.9 Å². The Morgan fingerprint density at radius 2 is 2.06 bits per heavy atom. The molecule has 1 N–H and O–H groups in total. The quantitative estimate of drug-likeness (QED) is 0.608. The van der Waals surface area contributed by atoms with Crippen molar-refractivity contribution < 1.29 is 9.53 Å². The van der Waals surface area contributed by atoms with E-state index in [0.717, 1.165) is 18.8 Å². The van der Waals surface area contributed by atoms with Crippen molar-refractivity contribution in [1.29, 1.82) is 0 Å². The molecule has 0 saturated carbocycles. The van der Waals surface area contributed by atoms with Crippen molar-refractivity contribution in [2.75, 3.05) is 25.7 Å². The number of esters is 1. The van der Waals surface area contributed by atoms with Crippen LogP contribution in [0.25, 0.3) is 0 Å². The van der Waals surface area contributed by atoms with E-state index in [4.69, 9.17) is 0 Å². The zero-order chi connectivity index (χ0) is 11.8. The summed E-state index contributed by atoms with van der Waals surface area (Å²) >= 11 is 1.82. The Balaban J connectivity index is 2.42. The minimum atomic E-state index is -0.290. The lowest BCUT2D eigenvalue weighted by molar-refractivity contribution is 0.0600. The summed E-state index contributed by atoms with van der Waals surface area (Å²) in [6.07, 6.45) is 2.09. The van der Waals surface area contributed by atoms with E-state index in [0.29, 0.717) is 5.56 Å². The molecule has 0 aliphatic heterocycles. The SMILES string of the molecule is COC(=O)c1ccc(CNCCSC)cc1. The van der Waals surface area contributed by atoms with Crippen LogP contribution in [0.1, 0.15) is 15.9 Å². The second kappa shape index (κ2) is 7.30. The van der Waals surface area contributed by atoms with Gasteiger partial charge < -0.3 is 10.1 Å². The highest BCUT2D eigenvalue weighted by Gasteiger charge is 2.03. The van der Waals surface area contributed by atoms with E-state index in [-0.39, 0.29) is 5.97 Å². The fourth-order valence-corrected chi connectivity index (χ4v) is 1.63. The monoisotopic (exact) mass is 239 g/mol. The van der Waals surface area contributed by atoms with Gasteiger partial charge in [-0.2, -0.15) is 11.8 Å². The number of rotatable bonds is 6. The first-order valence-electron chi connectivity index (χ1n) is 5.15. The molecular weight excluding hydrogens is 222 g/mol. The number of carbonyl (C=O) groups is 1. The molecule has 1 aromatic carbocycles. The number of carbonyl (C=O) groups excluding carboxylic acids is 1. The summed E-state index contributed by atoms with van der Waals surface area (Å²) in [6, 6.07) is 7.46. The van der Waals surface area contributed by atoms with Crippen LogP contribution in [0.4, 0.5) is 0 Å². The number of benzene rings is 1. The lowest BCUT2D eigenvalue weighted by Crippen LogP contribution is -2.16. The van der Waals surface area contributed by atoms with Gasteiger partial charge in [0.05, 0.1) is 12.7 Å². The van der Waals surface area contributed by atoms with Gasteiger partial charge in [0, 0.05) is 18.8 Å². The molecule has 0 heterocycles. The van der Waals surface area contributed by atoms with E-state index in [9.17, 15) is 4.79 Å². The molecule has 1 rings (SSSR count). The van der Waals surface area contributed by atoms with Crippen molar-refractivity contribution in [3.8, 4) is 0 Å². The Labute approximate surface area is 101 Å². The Morgan fingerprint density at radius 1 is 1.38 bits per heavy atom. The average Bonchev–Trinajstić information content (AvgIpc) is 2.34. The molecule has 0 bridgehead atoms. The van der Waals surface area contributed by atoms with Crippen LogP contribution in [0.5, 0.6) is 0 Å². The minimum absolute atomic E-state index is 0.290. The number of hydrogen-bond donors (Lipinski definition) is 1. The number of methoxy groups -OCH3 is 1. The van der Waals surface area contributed by atoms with E-state index >= 15 is 0 Å². The highest BCUT2D eigenvalue weighted by Crippen LogP contribution is 2.05. The summed E-state index contributed by atoms with van der Waals surface area (Å²) in [6.45, 7) is 1.84. The molecule has 3 nitrogen and oxygen atoms in total. The van der Waals surface area contributed by atoms with Gasteiger partial charge in [-0.05, 0) is 24.0 Å². The minimum Gasteiger partial charge on any atom is -0.465 e. The van der Waals surface area contributed by atoms with Crippen molar-refractivity contribution in [2.45, 2.75) is 6.54 Å². The summed E-state index contributed by atoms with van der Waals surface area (Å²) < 4.78 is 4.63. The predicted octanol–water partition coefficient (Wildman–Crippen LogP) is 1.93. The van der Waals surface area contributed by atoms with Gasteiger partial charge in [-0.1, -0.05) is 12.1 Å². The van der Waals surface area contributed by atoms with Crippen LogP contribution in [0, 0.1) is 0 Å². The normalized spacial score (nSPS) is 10.1. The largest absolute Gasteiger partial charge is 0.465 e. The van der Waals surface area contributed by atoms with Gasteiger partial charge in [0.2, 0.25) is 0 Å². The van der Waals surface area contributed by atoms with Crippen LogP contribution in [-0.2, 0) is 11.3 Å². The highest BCUT2D eigenvalue weighted by molar-refractivity contribution is 7.98. The molecule has 0 aliphatic carbocycles. The zero-order valence-electron chi connectivity index (χ0n) is 9.66. The lowest BCUT2D eigenvalue weighted by atomic mass is 10.1. The first kappa shape index (κ1) is 13.1. The van der Waals surface area contributed by atoms with Crippen LogP contribution in [0.2, 0.25) is 0 Å². The van der Waals surface area contributed by atoms with E-state index in [1.54, 1.807) is 12.1 Å². The second-order valence-electron chi connectivity index (χ2n) is 3.36. The summed E-state index contributed by atoms with van der Waals surface area (Å²) in [5.74, 6) is 0.821. The van der Waals surface area contributed by atoms with Gasteiger partial charge in [0.25, 0.3) is 0 Å². The number of thioether (sulfide) groups is 1. The molecular formula is C12H17NO2S. The molecule has 0 unspecified atom stereocenters. The average molecular weight is 239 g/mol. The molecule has 4 heteroatoms. The Hall–Kier alpha value is -1.00. The smallest absolute Gasteiger partial charge is 0.337 e. The molecule has 0 aliphatic rings. The first-order valence-corrected chi connectivity index (χ1v) is 6.54. The maximum atomic E-state index is 11.2. The first-order chi connectivity index (χ1) is 7.77. The maximum Gasteiger partial charge on any atom is 0.337 e. The molecule has 0 saturated heterocycles. The van der Waals surface area contributed by atoms with Crippen molar-refractivity contribution in [1.82, 2.24) is 5.32 Å². The molecule has 0 aromatic heterocycles. The molecule has 1 aromatic rings. The lowest BCUT2D eigenvalue weighted by Gasteiger charge is -2.04. The van der Waals surface area contributed by atoms with Crippen LogP contribution in [-0.4, -0.2) is 31.6 Å². The standard InChI is InChI=1S/C12H17NO2S/c1-15-12(14)11-5-3-10(4-6-11)9-13-7-8-16-2/h3-6,13H,7-9H2,1-2H3.